The number of rotatable bonds is 13. The van der Waals surface area contributed by atoms with Gasteiger partial charge in [-0.3, -0.25) is 9.59 Å². The molecule has 20 heavy (non-hydrogen) atoms. The number of unbranched alkanes of at least 4 members (excludes halogenated alkanes) is 1. The molecule has 0 aromatic heterocycles. The van der Waals surface area contributed by atoms with Crippen LogP contribution in [-0.2, 0) is 9.59 Å². The maximum atomic E-state index is 11.1. The highest BCUT2D eigenvalue weighted by Gasteiger charge is 1.93. The molecule has 0 atom stereocenters. The van der Waals surface area contributed by atoms with E-state index in [1.54, 1.807) is 0 Å². The summed E-state index contributed by atoms with van der Waals surface area (Å²) in [5, 5.41) is 11.2. The largest absolute Gasteiger partial charge is 0.356 e. The van der Waals surface area contributed by atoms with Crippen molar-refractivity contribution in [3.05, 3.63) is 0 Å². The van der Waals surface area contributed by atoms with Crippen LogP contribution in [0.4, 0.5) is 0 Å². The van der Waals surface area contributed by atoms with E-state index in [1.807, 2.05) is 0 Å². The van der Waals surface area contributed by atoms with Crippen molar-refractivity contribution in [2.75, 3.05) is 39.3 Å². The van der Waals surface area contributed by atoms with Crippen molar-refractivity contribution in [1.82, 2.24) is 21.3 Å². The topological polar surface area (TPSA) is 82.3 Å². The highest BCUT2D eigenvalue weighted by Crippen LogP contribution is 1.85. The number of carbonyl (C=O) groups is 2. The summed E-state index contributed by atoms with van der Waals surface area (Å²) < 4.78 is 41.4. The van der Waals surface area contributed by atoms with E-state index in [0.717, 1.165) is 25.9 Å². The summed E-state index contributed by atoms with van der Waals surface area (Å²) >= 11 is 0. The molecule has 0 bridgehead atoms. The number of nitrogens with one attached hydrogen (secondary N) is 4. The van der Waals surface area contributed by atoms with Crippen molar-refractivity contribution in [3.63, 3.8) is 0 Å². The van der Waals surface area contributed by atoms with Crippen LogP contribution in [0.15, 0.2) is 0 Å². The van der Waals surface area contributed by atoms with Gasteiger partial charge in [-0.15, -0.1) is 0 Å². The van der Waals surface area contributed by atoms with Gasteiger partial charge in [0.25, 0.3) is 0 Å². The molecule has 6 nitrogen and oxygen atoms in total. The Morgan fingerprint density at radius 3 is 1.50 bits per heavy atom. The van der Waals surface area contributed by atoms with E-state index in [-0.39, 0.29) is 0 Å². The SMILES string of the molecule is [2H]C([2H])([2H])C(=O)NCCCNCCCCNCCCNC(=O)C([2H])([2H])[2H]. The maximum Gasteiger partial charge on any atom is 0.216 e. The molecule has 0 aliphatic carbocycles. The Kier molecular flexibility index (Phi) is 7.54. The second-order valence-electron chi connectivity index (χ2n) is 4.43. The molecule has 0 rings (SSSR count). The van der Waals surface area contributed by atoms with Crippen LogP contribution in [0.25, 0.3) is 0 Å². The molecule has 0 radical (unpaired) electrons. The molecule has 0 spiro atoms. The molecule has 118 valence electrons. The van der Waals surface area contributed by atoms with Gasteiger partial charge in [0.05, 0.1) is 0 Å². The summed E-state index contributed by atoms with van der Waals surface area (Å²) in [6.07, 6.45) is 3.29. The summed E-state index contributed by atoms with van der Waals surface area (Å²) in [6.45, 7) is -1.40. The molecule has 0 aromatic rings. The first-order valence-corrected chi connectivity index (χ1v) is 7.03. The second kappa shape index (κ2) is 14.3. The predicted octanol–water partition coefficient (Wildman–Crippen LogP) is -0.00180. The first-order valence-electron chi connectivity index (χ1n) is 10.0. The molecule has 4 N–H and O–H groups in total. The van der Waals surface area contributed by atoms with Gasteiger partial charge in [0.2, 0.25) is 11.8 Å². The fourth-order valence-electron chi connectivity index (χ4n) is 1.58. The van der Waals surface area contributed by atoms with Crippen LogP contribution in [0, 0.1) is 0 Å². The molecule has 0 saturated heterocycles. The average Bonchev–Trinajstić information content (AvgIpc) is 2.52. The maximum absolute atomic E-state index is 11.1. The van der Waals surface area contributed by atoms with Crippen molar-refractivity contribution < 1.29 is 17.8 Å². The Morgan fingerprint density at radius 1 is 0.700 bits per heavy atom. The van der Waals surface area contributed by atoms with Crippen LogP contribution in [0.2, 0.25) is 0 Å². The van der Waals surface area contributed by atoms with Gasteiger partial charge in [0, 0.05) is 35.0 Å². The Morgan fingerprint density at radius 2 is 1.10 bits per heavy atom. The number of amides is 2. The standard InChI is InChI=1S/C14H30N4O2/c1-13(19)17-11-5-9-15-7-3-4-8-16-10-6-12-18-14(2)20/h15-16H,3-12H2,1-2H3,(H,17,19)(H,18,20)/i1D3,2D3. The number of carbonyl (C=O) groups excluding carboxylic acids is 2. The van der Waals surface area contributed by atoms with E-state index in [9.17, 15) is 9.59 Å². The molecule has 0 aromatic carbocycles. The average molecular weight is 292 g/mol. The first-order chi connectivity index (χ1) is 12.0. The van der Waals surface area contributed by atoms with E-state index in [1.165, 1.54) is 0 Å². The van der Waals surface area contributed by atoms with E-state index in [2.05, 4.69) is 21.3 Å². The third-order valence-electron chi connectivity index (χ3n) is 2.59. The van der Waals surface area contributed by atoms with Crippen molar-refractivity contribution in [2.45, 2.75) is 39.4 Å². The van der Waals surface area contributed by atoms with Gasteiger partial charge in [0.15, 0.2) is 0 Å². The van der Waals surface area contributed by atoms with Crippen molar-refractivity contribution >= 4 is 11.8 Å². The predicted molar refractivity (Wildman–Crippen MR) is 81.6 cm³/mol. The van der Waals surface area contributed by atoms with Gasteiger partial charge in [-0.2, -0.15) is 0 Å². The number of hydrogen-bond donors (Lipinski definition) is 4. The smallest absolute Gasteiger partial charge is 0.216 e. The quantitative estimate of drug-likeness (QED) is 0.360. The summed E-state index contributed by atoms with van der Waals surface area (Å²) in [7, 11) is 0. The zero-order chi connectivity index (χ0) is 20.1. The minimum absolute atomic E-state index is 0.337. The lowest BCUT2D eigenvalue weighted by Gasteiger charge is -2.07. The minimum atomic E-state index is -2.58. The lowest BCUT2D eigenvalue weighted by Crippen LogP contribution is -2.26. The van der Waals surface area contributed by atoms with Crippen LogP contribution in [0.5, 0.6) is 0 Å². The summed E-state index contributed by atoms with van der Waals surface area (Å²) in [5.74, 6) is -1.83. The van der Waals surface area contributed by atoms with E-state index in [0.29, 0.717) is 39.0 Å². The third-order valence-corrected chi connectivity index (χ3v) is 2.59. The zero-order valence-electron chi connectivity index (χ0n) is 17.9. The Balaban J connectivity index is 3.28. The summed E-state index contributed by atoms with van der Waals surface area (Å²) in [5.41, 5.74) is 0. The lowest BCUT2D eigenvalue weighted by molar-refractivity contribution is -0.119. The molecule has 0 aliphatic rings. The van der Waals surface area contributed by atoms with Gasteiger partial charge in [0.1, 0.15) is 0 Å². The third kappa shape index (κ3) is 16.9. The Hall–Kier alpha value is -1.14. The summed E-state index contributed by atoms with van der Waals surface area (Å²) in [6, 6.07) is 0. The Labute approximate surface area is 130 Å². The highest BCUT2D eigenvalue weighted by atomic mass is 16.1. The van der Waals surface area contributed by atoms with Crippen LogP contribution in [-0.4, -0.2) is 51.1 Å². The lowest BCUT2D eigenvalue weighted by atomic mass is 10.3. The van der Waals surface area contributed by atoms with Crippen LogP contribution in [0.1, 0.15) is 47.6 Å². The molecule has 0 fully saturated rings. The summed E-state index contributed by atoms with van der Waals surface area (Å²) in [4.78, 5) is 22.2. The van der Waals surface area contributed by atoms with Crippen LogP contribution < -0.4 is 21.3 Å². The van der Waals surface area contributed by atoms with Gasteiger partial charge >= 0.3 is 0 Å². The molecule has 6 heteroatoms. The second-order valence-corrected chi connectivity index (χ2v) is 4.43. The molecule has 0 aliphatic heterocycles. The molecule has 0 heterocycles. The molecular formula is C14H30N4O2. The van der Waals surface area contributed by atoms with Crippen molar-refractivity contribution in [1.29, 1.82) is 0 Å². The van der Waals surface area contributed by atoms with E-state index >= 15 is 0 Å². The molecular weight excluding hydrogens is 256 g/mol. The van der Waals surface area contributed by atoms with Crippen molar-refractivity contribution in [2.24, 2.45) is 0 Å². The van der Waals surface area contributed by atoms with Crippen LogP contribution in [0.3, 0.4) is 0 Å². The van der Waals surface area contributed by atoms with E-state index in [4.69, 9.17) is 8.22 Å². The van der Waals surface area contributed by atoms with Crippen LogP contribution >= 0.6 is 0 Å². The van der Waals surface area contributed by atoms with E-state index < -0.39 is 25.5 Å². The normalized spacial score (nSPS) is 16.0. The molecule has 2 amide bonds. The fourth-order valence-corrected chi connectivity index (χ4v) is 1.58. The number of hydrogen-bond acceptors (Lipinski definition) is 4. The highest BCUT2D eigenvalue weighted by molar-refractivity contribution is 5.72. The molecule has 0 saturated carbocycles. The van der Waals surface area contributed by atoms with Gasteiger partial charge in [-0.05, 0) is 51.9 Å². The molecule has 0 unspecified atom stereocenters. The van der Waals surface area contributed by atoms with Gasteiger partial charge in [-0.25, -0.2) is 0 Å². The van der Waals surface area contributed by atoms with Gasteiger partial charge < -0.3 is 21.3 Å². The first kappa shape index (κ1) is 10.6. The van der Waals surface area contributed by atoms with Crippen molar-refractivity contribution in [3.8, 4) is 0 Å². The Bertz CT molecular complexity index is 377. The minimum Gasteiger partial charge on any atom is -0.356 e. The fraction of sp³-hybridized carbons (Fsp3) is 0.857. The monoisotopic (exact) mass is 292 g/mol. The van der Waals surface area contributed by atoms with Gasteiger partial charge in [-0.1, -0.05) is 0 Å². The zero-order valence-corrected chi connectivity index (χ0v) is 11.9.